The number of carbonyl (C=O) groups is 1. The number of hydrogen-bond acceptors (Lipinski definition) is 3. The summed E-state index contributed by atoms with van der Waals surface area (Å²) < 4.78 is 27.6. The van der Waals surface area contributed by atoms with E-state index >= 15 is 0 Å². The first-order valence-electron chi connectivity index (χ1n) is 10.9. The summed E-state index contributed by atoms with van der Waals surface area (Å²) >= 11 is 0. The number of aryl methyl sites for hydroxylation is 1. The largest absolute Gasteiger partial charge is 0.326 e. The predicted molar refractivity (Wildman–Crippen MR) is 119 cm³/mol. The highest BCUT2D eigenvalue weighted by Gasteiger charge is 2.28. The van der Waals surface area contributed by atoms with Crippen LogP contribution in [0.25, 0.3) is 0 Å². The Bertz CT molecular complexity index is 1010. The zero-order valence-corrected chi connectivity index (χ0v) is 18.4. The molecule has 1 N–H and O–H groups in total. The molecule has 0 atom stereocenters. The van der Waals surface area contributed by atoms with E-state index in [1.54, 1.807) is 12.1 Å². The molecule has 30 heavy (non-hydrogen) atoms. The van der Waals surface area contributed by atoms with E-state index in [9.17, 15) is 13.2 Å². The van der Waals surface area contributed by atoms with E-state index in [1.165, 1.54) is 30.0 Å². The average Bonchev–Trinajstić information content (AvgIpc) is 3.26. The van der Waals surface area contributed by atoms with Crippen LogP contribution in [-0.2, 0) is 27.8 Å². The third-order valence-electron chi connectivity index (χ3n) is 6.38. The molecule has 1 heterocycles. The van der Waals surface area contributed by atoms with E-state index < -0.39 is 10.0 Å². The average molecular weight is 427 g/mol. The van der Waals surface area contributed by atoms with Crippen molar-refractivity contribution in [3.8, 4) is 0 Å². The van der Waals surface area contributed by atoms with Crippen LogP contribution in [0, 0.1) is 12.8 Å². The van der Waals surface area contributed by atoms with Crippen LogP contribution in [0.2, 0.25) is 0 Å². The van der Waals surface area contributed by atoms with E-state index in [4.69, 9.17) is 0 Å². The Morgan fingerprint density at radius 1 is 1.07 bits per heavy atom. The van der Waals surface area contributed by atoms with Gasteiger partial charge < -0.3 is 5.32 Å². The van der Waals surface area contributed by atoms with Gasteiger partial charge in [0.15, 0.2) is 0 Å². The number of sulfonamides is 1. The van der Waals surface area contributed by atoms with E-state index in [1.807, 2.05) is 37.3 Å². The number of carbonyl (C=O) groups excluding carboxylic acids is 1. The molecule has 2 aromatic carbocycles. The maximum atomic E-state index is 13.0. The molecule has 160 valence electrons. The van der Waals surface area contributed by atoms with Gasteiger partial charge in [-0.05, 0) is 61.1 Å². The van der Waals surface area contributed by atoms with Gasteiger partial charge in [-0.2, -0.15) is 4.31 Å². The second-order valence-electron chi connectivity index (χ2n) is 8.62. The molecule has 0 spiro atoms. The standard InChI is InChI=1S/C24H30N2O3S/c1-18-6-11-23(12-7-18)30(28,29)26-15-14-20-9-10-22(16-21(20)17-26)25-24(27)13-8-19-4-2-3-5-19/h6-7,9-12,16,19H,2-5,8,13-15,17H2,1H3,(H,25,27). The second-order valence-corrected chi connectivity index (χ2v) is 10.6. The molecule has 0 aromatic heterocycles. The molecule has 1 aliphatic heterocycles. The zero-order chi connectivity index (χ0) is 21.1. The van der Waals surface area contributed by atoms with Gasteiger partial charge in [0.2, 0.25) is 15.9 Å². The van der Waals surface area contributed by atoms with Crippen LogP contribution in [0.15, 0.2) is 47.4 Å². The molecule has 1 aliphatic carbocycles. The Labute approximate surface area is 179 Å². The number of hydrogen-bond donors (Lipinski definition) is 1. The summed E-state index contributed by atoms with van der Waals surface area (Å²) in [5.74, 6) is 0.738. The van der Waals surface area contributed by atoms with Crippen LogP contribution in [0.3, 0.4) is 0 Å². The summed E-state index contributed by atoms with van der Waals surface area (Å²) in [6.07, 6.45) is 7.26. The molecule has 0 unspecified atom stereocenters. The molecule has 0 bridgehead atoms. The van der Waals surface area contributed by atoms with E-state index in [0.717, 1.165) is 28.8 Å². The first-order chi connectivity index (χ1) is 14.4. The first-order valence-corrected chi connectivity index (χ1v) is 12.3. The van der Waals surface area contributed by atoms with Crippen molar-refractivity contribution in [3.63, 3.8) is 0 Å². The lowest BCUT2D eigenvalue weighted by Crippen LogP contribution is -2.36. The van der Waals surface area contributed by atoms with Crippen LogP contribution < -0.4 is 5.32 Å². The van der Waals surface area contributed by atoms with E-state index in [2.05, 4.69) is 5.32 Å². The van der Waals surface area contributed by atoms with Gasteiger partial charge in [0.05, 0.1) is 4.90 Å². The molecular weight excluding hydrogens is 396 g/mol. The summed E-state index contributed by atoms with van der Waals surface area (Å²) in [6.45, 7) is 2.74. The highest BCUT2D eigenvalue weighted by molar-refractivity contribution is 7.89. The smallest absolute Gasteiger partial charge is 0.243 e. The first kappa shape index (κ1) is 21.1. The van der Waals surface area contributed by atoms with Crippen molar-refractivity contribution in [1.29, 1.82) is 0 Å². The summed E-state index contributed by atoms with van der Waals surface area (Å²) in [7, 11) is -3.53. The number of rotatable bonds is 6. The summed E-state index contributed by atoms with van der Waals surface area (Å²) in [5, 5.41) is 3.00. The predicted octanol–water partition coefficient (Wildman–Crippen LogP) is 4.65. The lowest BCUT2D eigenvalue weighted by molar-refractivity contribution is -0.116. The number of nitrogens with zero attached hydrogens (tertiary/aromatic N) is 1. The fourth-order valence-corrected chi connectivity index (χ4v) is 5.95. The number of anilines is 1. The van der Waals surface area contributed by atoms with Crippen molar-refractivity contribution in [2.75, 3.05) is 11.9 Å². The van der Waals surface area contributed by atoms with Crippen molar-refractivity contribution in [2.45, 2.75) is 63.3 Å². The molecule has 1 amide bonds. The van der Waals surface area contributed by atoms with Gasteiger partial charge in [-0.3, -0.25) is 4.79 Å². The third-order valence-corrected chi connectivity index (χ3v) is 8.24. The summed E-state index contributed by atoms with van der Waals surface area (Å²) in [5.41, 5.74) is 3.89. The Morgan fingerprint density at radius 3 is 2.53 bits per heavy atom. The highest BCUT2D eigenvalue weighted by Crippen LogP contribution is 2.29. The molecule has 1 fully saturated rings. The molecule has 1 saturated carbocycles. The van der Waals surface area contributed by atoms with E-state index in [0.29, 0.717) is 36.7 Å². The summed E-state index contributed by atoms with van der Waals surface area (Å²) in [4.78, 5) is 12.7. The Hall–Kier alpha value is -2.18. The van der Waals surface area contributed by atoms with E-state index in [-0.39, 0.29) is 5.91 Å². The van der Waals surface area contributed by atoms with Gasteiger partial charge in [-0.25, -0.2) is 8.42 Å². The lowest BCUT2D eigenvalue weighted by atomic mass is 10.00. The normalized spacial score (nSPS) is 17.6. The fourth-order valence-electron chi connectivity index (χ4n) is 4.53. The number of fused-ring (bicyclic) bond motifs is 1. The van der Waals surface area contributed by atoms with Crippen molar-refractivity contribution in [3.05, 3.63) is 59.2 Å². The van der Waals surface area contributed by atoms with Gasteiger partial charge in [0, 0.05) is 25.2 Å². The molecule has 4 rings (SSSR count). The quantitative estimate of drug-likeness (QED) is 0.731. The van der Waals surface area contributed by atoms with Crippen LogP contribution in [0.4, 0.5) is 5.69 Å². The van der Waals surface area contributed by atoms with Crippen molar-refractivity contribution in [1.82, 2.24) is 4.31 Å². The molecule has 6 heteroatoms. The third kappa shape index (κ3) is 4.76. The molecule has 0 radical (unpaired) electrons. The van der Waals surface area contributed by atoms with Crippen LogP contribution in [0.1, 0.15) is 55.2 Å². The number of benzene rings is 2. The topological polar surface area (TPSA) is 66.5 Å². The van der Waals surface area contributed by atoms with Crippen molar-refractivity contribution in [2.24, 2.45) is 5.92 Å². The zero-order valence-electron chi connectivity index (χ0n) is 17.6. The SMILES string of the molecule is Cc1ccc(S(=O)(=O)N2CCc3ccc(NC(=O)CCC4CCCC4)cc3C2)cc1. The molecule has 2 aliphatic rings. The molecule has 0 saturated heterocycles. The highest BCUT2D eigenvalue weighted by atomic mass is 32.2. The minimum Gasteiger partial charge on any atom is -0.326 e. The van der Waals surface area contributed by atoms with Gasteiger partial charge in [-0.1, -0.05) is 49.4 Å². The van der Waals surface area contributed by atoms with Gasteiger partial charge in [0.25, 0.3) is 0 Å². The Kier molecular flexibility index (Phi) is 6.25. The molecule has 2 aromatic rings. The maximum absolute atomic E-state index is 13.0. The second kappa shape index (κ2) is 8.90. The van der Waals surface area contributed by atoms with Crippen molar-refractivity contribution >= 4 is 21.6 Å². The molecular formula is C24H30N2O3S. The minimum absolute atomic E-state index is 0.0433. The monoisotopic (exact) mass is 426 g/mol. The van der Waals surface area contributed by atoms with Gasteiger partial charge in [-0.15, -0.1) is 0 Å². The van der Waals surface area contributed by atoms with Crippen LogP contribution in [0.5, 0.6) is 0 Å². The fraction of sp³-hybridized carbons (Fsp3) is 0.458. The summed E-state index contributed by atoms with van der Waals surface area (Å²) in [6, 6.07) is 12.9. The minimum atomic E-state index is -3.53. The molecule has 5 nitrogen and oxygen atoms in total. The van der Waals surface area contributed by atoms with Crippen LogP contribution >= 0.6 is 0 Å². The van der Waals surface area contributed by atoms with Crippen molar-refractivity contribution < 1.29 is 13.2 Å². The maximum Gasteiger partial charge on any atom is 0.243 e. The van der Waals surface area contributed by atoms with Gasteiger partial charge >= 0.3 is 0 Å². The lowest BCUT2D eigenvalue weighted by Gasteiger charge is -2.28. The van der Waals surface area contributed by atoms with Crippen LogP contribution in [-0.4, -0.2) is 25.2 Å². The number of amides is 1. The Balaban J connectivity index is 1.42. The van der Waals surface area contributed by atoms with Gasteiger partial charge in [0.1, 0.15) is 0 Å². The number of nitrogens with one attached hydrogen (secondary N) is 1. The Morgan fingerprint density at radius 2 is 1.80 bits per heavy atom.